The minimum Gasteiger partial charge on any atom is -0.495 e. The van der Waals surface area contributed by atoms with Crippen LogP contribution in [0.2, 0.25) is 5.02 Å². The standard InChI is InChI=1S/C16H18ClN3O/c1-21-14-7-13-12(6-11(14)17)20-16(18)15(19-13)10-5-8-2-3-9(10)4-8/h6-10H,2-5H2,1H3,(H2,18,20). The van der Waals surface area contributed by atoms with Gasteiger partial charge in [0.1, 0.15) is 11.6 Å². The Morgan fingerprint density at radius 3 is 2.67 bits per heavy atom. The first kappa shape index (κ1) is 13.1. The first-order chi connectivity index (χ1) is 10.2. The molecule has 2 saturated carbocycles. The fraction of sp³-hybridized carbons (Fsp3) is 0.500. The van der Waals surface area contributed by atoms with Crippen molar-refractivity contribution in [2.75, 3.05) is 12.8 Å². The Bertz CT molecular complexity index is 718. The van der Waals surface area contributed by atoms with E-state index in [0.29, 0.717) is 22.5 Å². The Morgan fingerprint density at radius 1 is 1.19 bits per heavy atom. The van der Waals surface area contributed by atoms with Gasteiger partial charge in [0.05, 0.1) is 28.9 Å². The zero-order valence-corrected chi connectivity index (χ0v) is 12.7. The molecule has 0 spiro atoms. The minimum atomic E-state index is 0.474. The highest BCUT2D eigenvalue weighted by molar-refractivity contribution is 6.32. The van der Waals surface area contributed by atoms with E-state index in [1.165, 1.54) is 25.7 Å². The fourth-order valence-corrected chi connectivity index (χ4v) is 4.33. The summed E-state index contributed by atoms with van der Waals surface area (Å²) in [5.74, 6) is 3.25. The zero-order valence-electron chi connectivity index (χ0n) is 12.0. The van der Waals surface area contributed by atoms with Crippen LogP contribution >= 0.6 is 11.6 Å². The number of hydrogen-bond donors (Lipinski definition) is 1. The molecule has 0 aliphatic heterocycles. The molecule has 110 valence electrons. The van der Waals surface area contributed by atoms with Gasteiger partial charge in [-0.3, -0.25) is 0 Å². The molecule has 2 fully saturated rings. The molecule has 0 radical (unpaired) electrons. The van der Waals surface area contributed by atoms with E-state index in [1.807, 2.05) is 6.07 Å². The van der Waals surface area contributed by atoms with E-state index in [0.717, 1.165) is 28.6 Å². The second kappa shape index (κ2) is 4.73. The molecule has 0 saturated heterocycles. The third-order valence-electron chi connectivity index (χ3n) is 5.08. The summed E-state index contributed by atoms with van der Waals surface area (Å²) in [5.41, 5.74) is 8.68. The van der Waals surface area contributed by atoms with E-state index in [4.69, 9.17) is 27.1 Å². The molecule has 2 aliphatic carbocycles. The van der Waals surface area contributed by atoms with Gasteiger partial charge in [-0.15, -0.1) is 0 Å². The molecule has 1 aromatic carbocycles. The van der Waals surface area contributed by atoms with Gasteiger partial charge in [-0.1, -0.05) is 18.0 Å². The topological polar surface area (TPSA) is 61.0 Å². The Kier molecular flexibility index (Phi) is 2.96. The highest BCUT2D eigenvalue weighted by atomic mass is 35.5. The molecular weight excluding hydrogens is 286 g/mol. The van der Waals surface area contributed by atoms with Crippen molar-refractivity contribution >= 4 is 28.5 Å². The van der Waals surface area contributed by atoms with Crippen molar-refractivity contribution in [3.63, 3.8) is 0 Å². The predicted molar refractivity (Wildman–Crippen MR) is 83.7 cm³/mol. The highest BCUT2D eigenvalue weighted by Gasteiger charge is 2.41. The third kappa shape index (κ3) is 2.04. The van der Waals surface area contributed by atoms with Gasteiger partial charge in [-0.05, 0) is 37.2 Å². The van der Waals surface area contributed by atoms with E-state index < -0.39 is 0 Å². The molecule has 3 unspecified atom stereocenters. The first-order valence-electron chi connectivity index (χ1n) is 7.46. The Balaban J connectivity index is 1.82. The summed E-state index contributed by atoms with van der Waals surface area (Å²) in [6.45, 7) is 0. The van der Waals surface area contributed by atoms with Crippen LogP contribution in [0.25, 0.3) is 11.0 Å². The van der Waals surface area contributed by atoms with Crippen LogP contribution in [0.5, 0.6) is 5.75 Å². The summed E-state index contributed by atoms with van der Waals surface area (Å²) in [5, 5.41) is 0.534. The number of nitrogen functional groups attached to an aromatic ring is 1. The van der Waals surface area contributed by atoms with Gasteiger partial charge in [-0.25, -0.2) is 9.97 Å². The maximum atomic E-state index is 6.17. The lowest BCUT2D eigenvalue weighted by Gasteiger charge is -2.22. The second-order valence-corrected chi connectivity index (χ2v) is 6.66. The van der Waals surface area contributed by atoms with Gasteiger partial charge in [0, 0.05) is 12.0 Å². The summed E-state index contributed by atoms with van der Waals surface area (Å²) in [7, 11) is 1.61. The van der Waals surface area contributed by atoms with Crippen LogP contribution in [0.3, 0.4) is 0 Å². The number of nitrogens with two attached hydrogens (primary N) is 1. The number of halogens is 1. The average molecular weight is 304 g/mol. The number of aromatic nitrogens is 2. The number of methoxy groups -OCH3 is 1. The van der Waals surface area contributed by atoms with Crippen LogP contribution in [0.4, 0.5) is 5.82 Å². The number of benzene rings is 1. The maximum Gasteiger partial charge on any atom is 0.146 e. The molecule has 3 atom stereocenters. The van der Waals surface area contributed by atoms with Crippen molar-refractivity contribution in [3.8, 4) is 5.75 Å². The number of anilines is 1. The molecule has 0 amide bonds. The summed E-state index contributed by atoms with van der Waals surface area (Å²) >= 11 is 6.14. The van der Waals surface area contributed by atoms with E-state index >= 15 is 0 Å². The van der Waals surface area contributed by atoms with E-state index in [2.05, 4.69) is 4.98 Å². The Morgan fingerprint density at radius 2 is 2.00 bits per heavy atom. The number of nitrogens with zero attached hydrogens (tertiary/aromatic N) is 2. The summed E-state index contributed by atoms with van der Waals surface area (Å²) < 4.78 is 5.27. The van der Waals surface area contributed by atoms with E-state index in [9.17, 15) is 0 Å². The van der Waals surface area contributed by atoms with Crippen LogP contribution in [0.1, 0.15) is 37.3 Å². The lowest BCUT2D eigenvalue weighted by Crippen LogP contribution is -2.13. The van der Waals surface area contributed by atoms with Crippen molar-refractivity contribution in [2.45, 2.75) is 31.6 Å². The maximum absolute atomic E-state index is 6.17. The Hall–Kier alpha value is -1.55. The molecular formula is C16H18ClN3O. The molecule has 4 nitrogen and oxygen atoms in total. The largest absolute Gasteiger partial charge is 0.495 e. The number of fused-ring (bicyclic) bond motifs is 3. The summed E-state index contributed by atoms with van der Waals surface area (Å²) in [6, 6.07) is 3.62. The van der Waals surface area contributed by atoms with Gasteiger partial charge >= 0.3 is 0 Å². The Labute approximate surface area is 128 Å². The van der Waals surface area contributed by atoms with Crippen molar-refractivity contribution in [3.05, 3.63) is 22.8 Å². The van der Waals surface area contributed by atoms with Crippen molar-refractivity contribution < 1.29 is 4.74 Å². The molecule has 1 heterocycles. The molecule has 2 aliphatic rings. The molecule has 2 aromatic rings. The monoisotopic (exact) mass is 303 g/mol. The first-order valence-corrected chi connectivity index (χ1v) is 7.84. The van der Waals surface area contributed by atoms with Crippen LogP contribution in [0, 0.1) is 11.8 Å². The third-order valence-corrected chi connectivity index (χ3v) is 5.38. The van der Waals surface area contributed by atoms with Gasteiger partial charge < -0.3 is 10.5 Å². The van der Waals surface area contributed by atoms with E-state index in [1.54, 1.807) is 13.2 Å². The zero-order chi connectivity index (χ0) is 14.6. The molecule has 1 aromatic heterocycles. The minimum absolute atomic E-state index is 0.474. The molecule has 4 rings (SSSR count). The summed E-state index contributed by atoms with van der Waals surface area (Å²) in [4.78, 5) is 9.31. The van der Waals surface area contributed by atoms with Crippen molar-refractivity contribution in [2.24, 2.45) is 11.8 Å². The SMILES string of the molecule is COc1cc2nc(C3CC4CCC3C4)c(N)nc2cc1Cl. The van der Waals surface area contributed by atoms with Crippen molar-refractivity contribution in [1.82, 2.24) is 9.97 Å². The van der Waals surface area contributed by atoms with Gasteiger partial charge in [0.15, 0.2) is 0 Å². The normalized spacial score (nSPS) is 27.4. The second-order valence-electron chi connectivity index (χ2n) is 6.25. The lowest BCUT2D eigenvalue weighted by atomic mass is 9.86. The van der Waals surface area contributed by atoms with Crippen LogP contribution in [0.15, 0.2) is 12.1 Å². The molecule has 21 heavy (non-hydrogen) atoms. The molecule has 2 bridgehead atoms. The van der Waals surface area contributed by atoms with Crippen LogP contribution < -0.4 is 10.5 Å². The lowest BCUT2D eigenvalue weighted by molar-refractivity contribution is 0.413. The number of rotatable bonds is 2. The van der Waals surface area contributed by atoms with E-state index in [-0.39, 0.29) is 0 Å². The summed E-state index contributed by atoms with van der Waals surface area (Å²) in [6.07, 6.45) is 5.21. The molecule has 5 heteroatoms. The smallest absolute Gasteiger partial charge is 0.146 e. The van der Waals surface area contributed by atoms with Crippen LogP contribution in [-0.4, -0.2) is 17.1 Å². The quantitative estimate of drug-likeness (QED) is 0.917. The average Bonchev–Trinajstić information content (AvgIpc) is 3.08. The van der Waals surface area contributed by atoms with Gasteiger partial charge in [0.2, 0.25) is 0 Å². The predicted octanol–water partition coefficient (Wildman–Crippen LogP) is 3.78. The van der Waals surface area contributed by atoms with Crippen molar-refractivity contribution in [1.29, 1.82) is 0 Å². The van der Waals surface area contributed by atoms with Gasteiger partial charge in [-0.2, -0.15) is 0 Å². The van der Waals surface area contributed by atoms with Crippen LogP contribution in [-0.2, 0) is 0 Å². The number of ether oxygens (including phenoxy) is 1. The fourth-order valence-electron chi connectivity index (χ4n) is 4.09. The molecule has 2 N–H and O–H groups in total. The highest BCUT2D eigenvalue weighted by Crippen LogP contribution is 2.53. The van der Waals surface area contributed by atoms with Gasteiger partial charge in [0.25, 0.3) is 0 Å². The number of hydrogen-bond acceptors (Lipinski definition) is 4.